The van der Waals surface area contributed by atoms with E-state index in [1.807, 2.05) is 64.5 Å². The van der Waals surface area contributed by atoms with Crippen LogP contribution < -0.4 is 10.6 Å². The molecule has 148 valence electrons. The van der Waals surface area contributed by atoms with Gasteiger partial charge in [0.2, 0.25) is 0 Å². The van der Waals surface area contributed by atoms with Gasteiger partial charge in [-0.25, -0.2) is 4.79 Å². The van der Waals surface area contributed by atoms with Crippen molar-refractivity contribution >= 4 is 28.4 Å². The van der Waals surface area contributed by atoms with Gasteiger partial charge in [0, 0.05) is 41.4 Å². The van der Waals surface area contributed by atoms with Gasteiger partial charge in [-0.15, -0.1) is 0 Å². The Morgan fingerprint density at radius 1 is 1.07 bits per heavy atom. The molecule has 0 atom stereocenters. The number of aromatic nitrogens is 4. The maximum atomic E-state index is 12.2. The van der Waals surface area contributed by atoms with E-state index in [4.69, 9.17) is 4.52 Å². The van der Waals surface area contributed by atoms with Crippen molar-refractivity contribution < 1.29 is 9.32 Å². The Morgan fingerprint density at radius 2 is 1.83 bits per heavy atom. The summed E-state index contributed by atoms with van der Waals surface area (Å²) in [7, 11) is 1.89. The maximum absolute atomic E-state index is 12.2. The van der Waals surface area contributed by atoms with Crippen LogP contribution in [0.3, 0.4) is 0 Å². The molecule has 3 heterocycles. The number of carbonyl (C=O) groups excluding carboxylic acids is 1. The first-order valence-corrected chi connectivity index (χ1v) is 9.22. The predicted octanol–water partition coefficient (Wildman–Crippen LogP) is 4.56. The monoisotopic (exact) mass is 390 g/mol. The molecule has 0 saturated heterocycles. The SMILES string of the molecule is Cn1ncc2c(-c3ccc(NC(=O)Nc4cc(C(C)(C)C)on4)cc3)cncc21. The van der Waals surface area contributed by atoms with Gasteiger partial charge in [0.15, 0.2) is 5.82 Å². The number of anilines is 2. The van der Waals surface area contributed by atoms with Crippen LogP contribution >= 0.6 is 0 Å². The minimum absolute atomic E-state index is 0.175. The van der Waals surface area contributed by atoms with Gasteiger partial charge in [-0.2, -0.15) is 5.10 Å². The van der Waals surface area contributed by atoms with Crippen LogP contribution in [0.4, 0.5) is 16.3 Å². The minimum atomic E-state index is -0.387. The van der Waals surface area contributed by atoms with Crippen molar-refractivity contribution in [1.29, 1.82) is 0 Å². The Hall–Kier alpha value is -3.68. The van der Waals surface area contributed by atoms with Crippen LogP contribution in [0.5, 0.6) is 0 Å². The van der Waals surface area contributed by atoms with Crippen LogP contribution in [0.1, 0.15) is 26.5 Å². The zero-order valence-corrected chi connectivity index (χ0v) is 16.7. The van der Waals surface area contributed by atoms with E-state index in [2.05, 4.69) is 25.9 Å². The zero-order valence-electron chi connectivity index (χ0n) is 16.7. The van der Waals surface area contributed by atoms with Crippen molar-refractivity contribution in [2.75, 3.05) is 10.6 Å². The van der Waals surface area contributed by atoms with Crippen molar-refractivity contribution in [3.63, 3.8) is 0 Å². The number of pyridine rings is 1. The van der Waals surface area contributed by atoms with Gasteiger partial charge in [0.05, 0.1) is 17.9 Å². The van der Waals surface area contributed by atoms with Gasteiger partial charge < -0.3 is 9.84 Å². The topological polar surface area (TPSA) is 97.9 Å². The van der Waals surface area contributed by atoms with Gasteiger partial charge in [0.25, 0.3) is 0 Å². The van der Waals surface area contributed by atoms with E-state index in [0.717, 1.165) is 22.0 Å². The zero-order chi connectivity index (χ0) is 20.6. The molecule has 8 heteroatoms. The quantitative estimate of drug-likeness (QED) is 0.534. The molecule has 8 nitrogen and oxygen atoms in total. The van der Waals surface area contributed by atoms with E-state index < -0.39 is 0 Å². The molecule has 0 saturated carbocycles. The number of carbonyl (C=O) groups is 1. The highest BCUT2D eigenvalue weighted by molar-refractivity contribution is 5.99. The van der Waals surface area contributed by atoms with Crippen molar-refractivity contribution in [1.82, 2.24) is 19.9 Å². The van der Waals surface area contributed by atoms with Crippen LogP contribution in [0.2, 0.25) is 0 Å². The van der Waals surface area contributed by atoms with Crippen molar-refractivity contribution in [2.24, 2.45) is 7.05 Å². The van der Waals surface area contributed by atoms with Crippen LogP contribution in [0, 0.1) is 0 Å². The Morgan fingerprint density at radius 3 is 2.52 bits per heavy atom. The van der Waals surface area contributed by atoms with Crippen LogP contribution in [0.15, 0.2) is 53.4 Å². The largest absolute Gasteiger partial charge is 0.359 e. The number of fused-ring (bicyclic) bond motifs is 1. The fourth-order valence-corrected chi connectivity index (χ4v) is 2.99. The summed E-state index contributed by atoms with van der Waals surface area (Å²) in [5, 5.41) is 14.7. The molecule has 0 aliphatic rings. The molecule has 4 rings (SSSR count). The lowest BCUT2D eigenvalue weighted by Gasteiger charge is -2.12. The predicted molar refractivity (Wildman–Crippen MR) is 112 cm³/mol. The summed E-state index contributed by atoms with van der Waals surface area (Å²) >= 11 is 0. The highest BCUT2D eigenvalue weighted by Gasteiger charge is 2.20. The molecule has 1 aromatic carbocycles. The first-order valence-electron chi connectivity index (χ1n) is 9.22. The number of hydrogen-bond acceptors (Lipinski definition) is 5. The Kier molecular flexibility index (Phi) is 4.54. The van der Waals surface area contributed by atoms with Crippen LogP contribution in [-0.2, 0) is 12.5 Å². The van der Waals surface area contributed by atoms with Gasteiger partial charge in [-0.3, -0.25) is 15.0 Å². The summed E-state index contributed by atoms with van der Waals surface area (Å²) in [5.41, 5.74) is 3.44. The number of amides is 2. The van der Waals surface area contributed by atoms with Crippen LogP contribution in [-0.4, -0.2) is 26.0 Å². The molecule has 4 aromatic rings. The maximum Gasteiger partial charge on any atom is 0.324 e. The molecule has 29 heavy (non-hydrogen) atoms. The molecule has 3 aromatic heterocycles. The molecule has 0 bridgehead atoms. The molecular weight excluding hydrogens is 368 g/mol. The summed E-state index contributed by atoms with van der Waals surface area (Å²) in [6.07, 6.45) is 5.44. The second-order valence-electron chi connectivity index (χ2n) is 7.87. The normalized spacial score (nSPS) is 11.6. The summed E-state index contributed by atoms with van der Waals surface area (Å²) < 4.78 is 7.07. The average molecular weight is 390 g/mol. The number of nitrogens with one attached hydrogen (secondary N) is 2. The van der Waals surface area contributed by atoms with Crippen LogP contribution in [0.25, 0.3) is 22.0 Å². The third kappa shape index (κ3) is 3.82. The fourth-order valence-electron chi connectivity index (χ4n) is 2.99. The molecule has 2 N–H and O–H groups in total. The molecule has 0 radical (unpaired) electrons. The second kappa shape index (κ2) is 7.05. The molecule has 2 amide bonds. The van der Waals surface area contributed by atoms with E-state index in [-0.39, 0.29) is 11.4 Å². The van der Waals surface area contributed by atoms with E-state index >= 15 is 0 Å². The smallest absolute Gasteiger partial charge is 0.324 e. The molecule has 0 unspecified atom stereocenters. The lowest BCUT2D eigenvalue weighted by molar-refractivity contribution is 0.262. The average Bonchev–Trinajstić information content (AvgIpc) is 3.29. The Bertz CT molecular complexity index is 1170. The van der Waals surface area contributed by atoms with E-state index in [1.54, 1.807) is 16.9 Å². The third-order valence-corrected chi connectivity index (χ3v) is 4.62. The summed E-state index contributed by atoms with van der Waals surface area (Å²) in [5.74, 6) is 1.08. The van der Waals surface area contributed by atoms with Crippen molar-refractivity contribution in [3.8, 4) is 11.1 Å². The highest BCUT2D eigenvalue weighted by atomic mass is 16.5. The van der Waals surface area contributed by atoms with E-state index in [9.17, 15) is 4.79 Å². The number of aryl methyl sites for hydroxylation is 1. The minimum Gasteiger partial charge on any atom is -0.359 e. The standard InChI is InChI=1S/C21H22N6O2/c1-21(2,3)18-9-19(26-29-18)25-20(28)24-14-7-5-13(6-8-14)15-10-22-12-17-16(15)11-23-27(17)4/h5-12H,1-4H3,(H2,24,25,26,28). The van der Waals surface area contributed by atoms with E-state index in [1.165, 1.54) is 0 Å². The number of urea groups is 1. The molecule has 0 fully saturated rings. The summed E-state index contributed by atoms with van der Waals surface area (Å²) in [6, 6.07) is 8.90. The molecular formula is C21H22N6O2. The van der Waals surface area contributed by atoms with Crippen molar-refractivity contribution in [2.45, 2.75) is 26.2 Å². The number of nitrogens with zero attached hydrogens (tertiary/aromatic N) is 4. The molecule has 0 spiro atoms. The Balaban J connectivity index is 1.47. The molecule has 0 aliphatic heterocycles. The molecule has 0 aliphatic carbocycles. The lowest BCUT2D eigenvalue weighted by atomic mass is 9.93. The Labute approximate surface area is 167 Å². The summed E-state index contributed by atoms with van der Waals surface area (Å²) in [6.45, 7) is 6.04. The van der Waals surface area contributed by atoms with Crippen molar-refractivity contribution in [3.05, 3.63) is 54.7 Å². The van der Waals surface area contributed by atoms with Gasteiger partial charge in [-0.1, -0.05) is 38.1 Å². The first kappa shape index (κ1) is 18.7. The number of hydrogen-bond donors (Lipinski definition) is 2. The summed E-state index contributed by atoms with van der Waals surface area (Å²) in [4.78, 5) is 16.6. The highest BCUT2D eigenvalue weighted by Crippen LogP contribution is 2.28. The van der Waals surface area contributed by atoms with E-state index in [0.29, 0.717) is 17.3 Å². The first-order chi connectivity index (χ1) is 13.8. The number of rotatable bonds is 3. The van der Waals surface area contributed by atoms with Gasteiger partial charge >= 0.3 is 6.03 Å². The van der Waals surface area contributed by atoms with Gasteiger partial charge in [0.1, 0.15) is 5.76 Å². The fraction of sp³-hybridized carbons (Fsp3) is 0.238. The lowest BCUT2D eigenvalue weighted by Crippen LogP contribution is -2.19. The van der Waals surface area contributed by atoms with Gasteiger partial charge in [-0.05, 0) is 17.7 Å². The second-order valence-corrected chi connectivity index (χ2v) is 7.87. The third-order valence-electron chi connectivity index (χ3n) is 4.62. The number of benzene rings is 1.